The van der Waals surface area contributed by atoms with Gasteiger partial charge in [-0.05, 0) is 11.6 Å². The van der Waals surface area contributed by atoms with Gasteiger partial charge in [-0.25, -0.2) is 4.58 Å². The monoisotopic (exact) mass is 273 g/mol. The molecule has 3 heteroatoms. The third-order valence-corrected chi connectivity index (χ3v) is 4.79. The molecule has 1 fully saturated rings. The number of rotatable bonds is 3. The summed E-state index contributed by atoms with van der Waals surface area (Å²) in [6, 6.07) is 8.79. The quantitative estimate of drug-likeness (QED) is 0.590. The Morgan fingerprint density at radius 3 is 2.70 bits per heavy atom. The van der Waals surface area contributed by atoms with Crippen molar-refractivity contribution in [1.29, 1.82) is 0 Å². The molecule has 1 aromatic rings. The van der Waals surface area contributed by atoms with Crippen LogP contribution in [0.25, 0.3) is 0 Å². The zero-order valence-corrected chi connectivity index (χ0v) is 12.9. The second kappa shape index (κ2) is 5.66. The Bertz CT molecular complexity index is 495. The van der Waals surface area contributed by atoms with Crippen molar-refractivity contribution in [3.63, 3.8) is 0 Å². The summed E-state index contributed by atoms with van der Waals surface area (Å²) in [5.74, 6) is 0. The van der Waals surface area contributed by atoms with E-state index in [1.165, 1.54) is 67.8 Å². The van der Waals surface area contributed by atoms with E-state index in [-0.39, 0.29) is 0 Å². The lowest BCUT2D eigenvalue weighted by atomic mass is 10.0. The molecule has 108 valence electrons. The van der Waals surface area contributed by atoms with Crippen LogP contribution in [-0.2, 0) is 6.42 Å². The molecule has 3 rings (SSSR count). The van der Waals surface area contributed by atoms with Crippen molar-refractivity contribution in [3.05, 3.63) is 35.4 Å². The highest BCUT2D eigenvalue weighted by molar-refractivity contribution is 5.78. The van der Waals surface area contributed by atoms with Crippen molar-refractivity contribution in [2.45, 2.75) is 6.42 Å². The summed E-state index contributed by atoms with van der Waals surface area (Å²) in [6.45, 7) is 8.61. The second-order valence-electron chi connectivity index (χ2n) is 6.84. The number of quaternary nitrogens is 1. The number of hydrogen-bond acceptors (Lipinski definition) is 1. The number of benzene rings is 1. The van der Waals surface area contributed by atoms with Crippen molar-refractivity contribution >= 4 is 6.21 Å². The maximum Gasteiger partial charge on any atom is 0.171 e. The Hall–Kier alpha value is -1.19. The van der Waals surface area contributed by atoms with E-state index >= 15 is 0 Å². The van der Waals surface area contributed by atoms with Crippen molar-refractivity contribution < 1.29 is 9.06 Å². The van der Waals surface area contributed by atoms with Gasteiger partial charge in [0.1, 0.15) is 6.54 Å². The first-order valence-corrected chi connectivity index (χ1v) is 7.84. The Balaban J connectivity index is 1.54. The summed E-state index contributed by atoms with van der Waals surface area (Å²) in [7, 11) is 4.68. The normalized spacial score (nSPS) is 22.2. The minimum atomic E-state index is 1.17. The van der Waals surface area contributed by atoms with E-state index < -0.39 is 0 Å². The van der Waals surface area contributed by atoms with Gasteiger partial charge in [0.15, 0.2) is 12.8 Å². The molecule has 0 atom stereocenters. The minimum Gasteiger partial charge on any atom is -0.326 e. The highest BCUT2D eigenvalue weighted by Crippen LogP contribution is 2.11. The van der Waals surface area contributed by atoms with Gasteiger partial charge in [-0.2, -0.15) is 0 Å². The predicted octanol–water partition coefficient (Wildman–Crippen LogP) is 1.07. The lowest BCUT2D eigenvalue weighted by molar-refractivity contribution is -0.894. The first-order valence-electron chi connectivity index (χ1n) is 7.84. The molecule has 0 amide bonds. The molecule has 0 bridgehead atoms. The molecule has 0 N–H and O–H groups in total. The van der Waals surface area contributed by atoms with Gasteiger partial charge in [0, 0.05) is 25.1 Å². The summed E-state index contributed by atoms with van der Waals surface area (Å²) in [6.07, 6.45) is 3.54. The molecule has 2 aliphatic heterocycles. The number of hydrogen-bond donors (Lipinski definition) is 0. The summed E-state index contributed by atoms with van der Waals surface area (Å²) in [5.41, 5.74) is 2.91. The summed E-state index contributed by atoms with van der Waals surface area (Å²) >= 11 is 0. The molecule has 0 spiro atoms. The summed E-state index contributed by atoms with van der Waals surface area (Å²) in [5, 5.41) is 0. The van der Waals surface area contributed by atoms with Crippen molar-refractivity contribution in [3.8, 4) is 0 Å². The topological polar surface area (TPSA) is 6.25 Å². The molecule has 2 heterocycles. The van der Waals surface area contributed by atoms with Crippen LogP contribution in [0.5, 0.6) is 0 Å². The van der Waals surface area contributed by atoms with Crippen LogP contribution in [0.15, 0.2) is 24.3 Å². The lowest BCUT2D eigenvalue weighted by Crippen LogP contribution is -2.55. The van der Waals surface area contributed by atoms with Crippen LogP contribution in [-0.4, -0.2) is 80.1 Å². The standard InChI is InChI=1S/C17H27N3/c1-20(2)13-11-18(12-14-20)9-10-19-8-7-16-5-3-4-6-17(16)15-19/h3-6,15H,7-14H2,1-2H3/q+2. The number of likely N-dealkylation sites (N-methyl/N-ethyl adjacent to an activating group) is 1. The fourth-order valence-corrected chi connectivity index (χ4v) is 3.13. The van der Waals surface area contributed by atoms with Crippen LogP contribution < -0.4 is 0 Å². The smallest absolute Gasteiger partial charge is 0.171 e. The molecule has 20 heavy (non-hydrogen) atoms. The van der Waals surface area contributed by atoms with Crippen LogP contribution in [0.3, 0.4) is 0 Å². The van der Waals surface area contributed by atoms with E-state index in [2.05, 4.69) is 54.1 Å². The van der Waals surface area contributed by atoms with Crippen LogP contribution >= 0.6 is 0 Å². The zero-order chi connectivity index (χ0) is 14.0. The lowest BCUT2D eigenvalue weighted by Gasteiger charge is -2.38. The highest BCUT2D eigenvalue weighted by atomic mass is 15.4. The van der Waals surface area contributed by atoms with Gasteiger partial charge in [-0.1, -0.05) is 18.2 Å². The first-order chi connectivity index (χ1) is 9.62. The third-order valence-electron chi connectivity index (χ3n) is 4.79. The van der Waals surface area contributed by atoms with Gasteiger partial charge in [-0.15, -0.1) is 0 Å². The Morgan fingerprint density at radius 1 is 1.15 bits per heavy atom. The average Bonchev–Trinajstić information content (AvgIpc) is 2.46. The van der Waals surface area contributed by atoms with Gasteiger partial charge >= 0.3 is 0 Å². The highest BCUT2D eigenvalue weighted by Gasteiger charge is 2.25. The Kier molecular flexibility index (Phi) is 3.90. The number of piperazine rings is 1. The molecular weight excluding hydrogens is 246 g/mol. The van der Waals surface area contributed by atoms with Gasteiger partial charge in [0.25, 0.3) is 0 Å². The SMILES string of the molecule is C[N+]1(C)CCN(CC[N+]2=Cc3ccccc3CC2)CC1. The Morgan fingerprint density at radius 2 is 1.90 bits per heavy atom. The molecular formula is C17H27N3+2. The van der Waals surface area contributed by atoms with E-state index in [9.17, 15) is 0 Å². The molecule has 1 aromatic carbocycles. The van der Waals surface area contributed by atoms with Crippen LogP contribution in [0, 0.1) is 0 Å². The molecule has 3 nitrogen and oxygen atoms in total. The van der Waals surface area contributed by atoms with Crippen LogP contribution in [0.1, 0.15) is 11.1 Å². The van der Waals surface area contributed by atoms with E-state index in [1.54, 1.807) is 0 Å². The number of fused-ring (bicyclic) bond motifs is 1. The van der Waals surface area contributed by atoms with Crippen molar-refractivity contribution in [2.24, 2.45) is 0 Å². The van der Waals surface area contributed by atoms with Crippen LogP contribution in [0.2, 0.25) is 0 Å². The Labute approximate surface area is 122 Å². The van der Waals surface area contributed by atoms with E-state index in [0.717, 1.165) is 0 Å². The molecule has 0 saturated carbocycles. The molecule has 0 unspecified atom stereocenters. The average molecular weight is 273 g/mol. The maximum atomic E-state index is 2.62. The van der Waals surface area contributed by atoms with Crippen molar-refractivity contribution in [2.75, 3.05) is 59.9 Å². The van der Waals surface area contributed by atoms with Crippen molar-refractivity contribution in [1.82, 2.24) is 4.90 Å². The fourth-order valence-electron chi connectivity index (χ4n) is 3.13. The van der Waals surface area contributed by atoms with Gasteiger partial charge in [-0.3, -0.25) is 4.90 Å². The van der Waals surface area contributed by atoms with Crippen LogP contribution in [0.4, 0.5) is 0 Å². The van der Waals surface area contributed by atoms with E-state index in [4.69, 9.17) is 0 Å². The molecule has 0 aliphatic carbocycles. The van der Waals surface area contributed by atoms with Gasteiger partial charge in [0.05, 0.1) is 33.7 Å². The molecule has 2 aliphatic rings. The zero-order valence-electron chi connectivity index (χ0n) is 12.9. The molecule has 0 radical (unpaired) electrons. The van der Waals surface area contributed by atoms with E-state index in [0.29, 0.717) is 0 Å². The largest absolute Gasteiger partial charge is 0.326 e. The number of nitrogens with zero attached hydrogens (tertiary/aromatic N) is 3. The summed E-state index contributed by atoms with van der Waals surface area (Å²) < 4.78 is 3.68. The van der Waals surface area contributed by atoms with E-state index in [1.807, 2.05) is 0 Å². The predicted molar refractivity (Wildman–Crippen MR) is 83.6 cm³/mol. The fraction of sp³-hybridized carbons (Fsp3) is 0.588. The molecule has 0 aromatic heterocycles. The first kappa shape index (κ1) is 13.8. The maximum absolute atomic E-state index is 2.62. The second-order valence-corrected chi connectivity index (χ2v) is 6.84. The third kappa shape index (κ3) is 3.28. The summed E-state index contributed by atoms with van der Waals surface area (Å²) in [4.78, 5) is 2.62. The van der Waals surface area contributed by atoms with Gasteiger partial charge < -0.3 is 4.48 Å². The molecule has 1 saturated heterocycles. The van der Waals surface area contributed by atoms with Gasteiger partial charge in [0.2, 0.25) is 0 Å². The minimum absolute atomic E-state index is 1.17.